The van der Waals surface area contributed by atoms with Crippen LogP contribution in [0.5, 0.6) is 0 Å². The summed E-state index contributed by atoms with van der Waals surface area (Å²) in [6.07, 6.45) is 11.0. The second-order valence-electron chi connectivity index (χ2n) is 6.54. The van der Waals surface area contributed by atoms with Crippen LogP contribution in [0.4, 0.5) is 0 Å². The maximum Gasteiger partial charge on any atom is 0.0948 e. The summed E-state index contributed by atoms with van der Waals surface area (Å²) in [5.41, 5.74) is 1.32. The van der Waals surface area contributed by atoms with E-state index in [-0.39, 0.29) is 0 Å². The second kappa shape index (κ2) is 7.09. The highest BCUT2D eigenvalue weighted by Gasteiger charge is 2.18. The van der Waals surface area contributed by atoms with E-state index in [0.717, 1.165) is 24.9 Å². The number of aromatic nitrogens is 2. The van der Waals surface area contributed by atoms with Crippen LogP contribution in [0.3, 0.4) is 0 Å². The molecule has 2 unspecified atom stereocenters. The van der Waals surface area contributed by atoms with Gasteiger partial charge in [-0.2, -0.15) is 0 Å². The molecule has 108 valence electrons. The molecule has 2 atom stereocenters. The van der Waals surface area contributed by atoms with E-state index in [1.54, 1.807) is 0 Å². The van der Waals surface area contributed by atoms with E-state index in [2.05, 4.69) is 35.6 Å². The van der Waals surface area contributed by atoms with E-state index >= 15 is 0 Å². The fraction of sp³-hybridized carbons (Fsp3) is 0.812. The van der Waals surface area contributed by atoms with Crippen LogP contribution in [0.2, 0.25) is 0 Å². The highest BCUT2D eigenvalue weighted by molar-refractivity contribution is 4.98. The zero-order chi connectivity index (χ0) is 13.7. The Bertz CT molecular complexity index is 370. The van der Waals surface area contributed by atoms with E-state index in [1.165, 1.54) is 37.8 Å². The number of nitrogens with one attached hydrogen (secondary N) is 1. The van der Waals surface area contributed by atoms with Crippen molar-refractivity contribution in [3.8, 4) is 0 Å². The van der Waals surface area contributed by atoms with Crippen molar-refractivity contribution in [2.75, 3.05) is 0 Å². The smallest absolute Gasteiger partial charge is 0.0948 e. The molecule has 3 heteroatoms. The maximum atomic E-state index is 4.30. The van der Waals surface area contributed by atoms with Crippen molar-refractivity contribution in [2.45, 2.75) is 72.0 Å². The molecule has 1 aromatic heterocycles. The van der Waals surface area contributed by atoms with Gasteiger partial charge in [0, 0.05) is 25.3 Å². The van der Waals surface area contributed by atoms with Crippen molar-refractivity contribution in [3.63, 3.8) is 0 Å². The number of nitrogens with zero attached hydrogens (tertiary/aromatic N) is 2. The number of imidazole rings is 1. The van der Waals surface area contributed by atoms with Crippen molar-refractivity contribution in [1.29, 1.82) is 0 Å². The predicted molar refractivity (Wildman–Crippen MR) is 79.9 cm³/mol. The molecule has 1 aliphatic carbocycles. The van der Waals surface area contributed by atoms with Crippen LogP contribution in [0.25, 0.3) is 0 Å². The molecule has 0 bridgehead atoms. The molecule has 3 nitrogen and oxygen atoms in total. The Labute approximate surface area is 117 Å². The molecule has 1 saturated carbocycles. The number of rotatable bonds is 6. The summed E-state index contributed by atoms with van der Waals surface area (Å²) in [4.78, 5) is 4.30. The summed E-state index contributed by atoms with van der Waals surface area (Å²) in [6, 6.07) is 0.530. The third kappa shape index (κ3) is 4.64. The predicted octanol–water partition coefficient (Wildman–Crippen LogP) is 3.60. The van der Waals surface area contributed by atoms with E-state index in [4.69, 9.17) is 0 Å². The van der Waals surface area contributed by atoms with Crippen LogP contribution in [0.15, 0.2) is 12.5 Å². The van der Waals surface area contributed by atoms with Gasteiger partial charge < -0.3 is 9.88 Å². The lowest BCUT2D eigenvalue weighted by Gasteiger charge is -2.27. The van der Waals surface area contributed by atoms with Gasteiger partial charge >= 0.3 is 0 Å². The summed E-state index contributed by atoms with van der Waals surface area (Å²) in [6.45, 7) is 8.83. The summed E-state index contributed by atoms with van der Waals surface area (Å²) in [5.74, 6) is 1.86. The van der Waals surface area contributed by atoms with Gasteiger partial charge in [-0.3, -0.25) is 0 Å². The monoisotopic (exact) mass is 263 g/mol. The third-order valence-corrected chi connectivity index (χ3v) is 4.31. The Morgan fingerprint density at radius 2 is 2.26 bits per heavy atom. The number of hydrogen-bond donors (Lipinski definition) is 1. The minimum atomic E-state index is 0.530. The molecule has 0 aliphatic heterocycles. The maximum absolute atomic E-state index is 4.30. The first kappa shape index (κ1) is 14.6. The van der Waals surface area contributed by atoms with Gasteiger partial charge in [0.2, 0.25) is 0 Å². The summed E-state index contributed by atoms with van der Waals surface area (Å²) < 4.78 is 2.33. The highest BCUT2D eigenvalue weighted by atomic mass is 15.1. The minimum absolute atomic E-state index is 0.530. The van der Waals surface area contributed by atoms with Gasteiger partial charge in [-0.05, 0) is 24.7 Å². The van der Waals surface area contributed by atoms with Crippen molar-refractivity contribution in [2.24, 2.45) is 11.8 Å². The summed E-state index contributed by atoms with van der Waals surface area (Å²) >= 11 is 0. The highest BCUT2D eigenvalue weighted by Crippen LogP contribution is 2.31. The molecule has 19 heavy (non-hydrogen) atoms. The Kier molecular flexibility index (Phi) is 5.44. The van der Waals surface area contributed by atoms with E-state index in [9.17, 15) is 0 Å². The molecule has 0 aromatic carbocycles. The first-order valence-corrected chi connectivity index (χ1v) is 7.87. The molecule has 1 fully saturated rings. The Morgan fingerprint density at radius 1 is 1.42 bits per heavy atom. The molecule has 1 aromatic rings. The fourth-order valence-electron chi connectivity index (χ4n) is 3.15. The molecular weight excluding hydrogens is 234 g/mol. The van der Waals surface area contributed by atoms with E-state index in [0.29, 0.717) is 6.04 Å². The van der Waals surface area contributed by atoms with Crippen molar-refractivity contribution < 1.29 is 0 Å². The fourth-order valence-corrected chi connectivity index (χ4v) is 3.15. The topological polar surface area (TPSA) is 29.9 Å². The molecule has 1 heterocycles. The molecule has 0 spiro atoms. The van der Waals surface area contributed by atoms with Crippen LogP contribution in [0.1, 0.15) is 58.6 Å². The molecule has 1 N–H and O–H groups in total. The minimum Gasteiger partial charge on any atom is -0.333 e. The van der Waals surface area contributed by atoms with Crippen LogP contribution in [0, 0.1) is 11.8 Å². The average Bonchev–Trinajstić information content (AvgIpc) is 2.81. The lowest BCUT2D eigenvalue weighted by molar-refractivity contribution is 0.260. The van der Waals surface area contributed by atoms with Gasteiger partial charge in [0.05, 0.1) is 12.0 Å². The molecule has 2 rings (SSSR count). The zero-order valence-corrected chi connectivity index (χ0v) is 12.7. The Morgan fingerprint density at radius 3 is 3.00 bits per heavy atom. The van der Waals surface area contributed by atoms with Crippen molar-refractivity contribution in [1.82, 2.24) is 14.9 Å². The largest absolute Gasteiger partial charge is 0.333 e. The Balaban J connectivity index is 1.80. The van der Waals surface area contributed by atoms with Gasteiger partial charge in [-0.15, -0.1) is 0 Å². The van der Waals surface area contributed by atoms with Gasteiger partial charge in [-0.25, -0.2) is 4.98 Å². The molecule has 0 saturated heterocycles. The lowest BCUT2D eigenvalue weighted by atomic mass is 9.81. The van der Waals surface area contributed by atoms with Gasteiger partial charge in [-0.1, -0.05) is 40.0 Å². The van der Waals surface area contributed by atoms with Crippen molar-refractivity contribution >= 4 is 0 Å². The second-order valence-corrected chi connectivity index (χ2v) is 6.54. The zero-order valence-electron chi connectivity index (χ0n) is 12.7. The van der Waals surface area contributed by atoms with Gasteiger partial charge in [0.25, 0.3) is 0 Å². The number of aryl methyl sites for hydroxylation is 1. The van der Waals surface area contributed by atoms with Crippen LogP contribution >= 0.6 is 0 Å². The normalized spacial score (nSPS) is 24.0. The van der Waals surface area contributed by atoms with Crippen LogP contribution < -0.4 is 5.32 Å². The first-order chi connectivity index (χ1) is 9.15. The number of hydrogen-bond acceptors (Lipinski definition) is 2. The molecule has 0 amide bonds. The standard InChI is InChI=1S/C16H29N3/c1-13(2)18-11-16-10-17-12-19(16)8-7-15-6-4-5-14(3)9-15/h10,12-15,18H,4-9,11H2,1-3H3. The van der Waals surface area contributed by atoms with E-state index in [1.807, 2.05) is 12.5 Å². The van der Waals surface area contributed by atoms with Crippen LogP contribution in [-0.2, 0) is 13.1 Å². The van der Waals surface area contributed by atoms with E-state index < -0.39 is 0 Å². The van der Waals surface area contributed by atoms with Crippen molar-refractivity contribution in [3.05, 3.63) is 18.2 Å². The third-order valence-electron chi connectivity index (χ3n) is 4.31. The molecule has 0 radical (unpaired) electrons. The van der Waals surface area contributed by atoms with Crippen LogP contribution in [-0.4, -0.2) is 15.6 Å². The lowest BCUT2D eigenvalue weighted by Crippen LogP contribution is -2.23. The quantitative estimate of drug-likeness (QED) is 0.850. The Hall–Kier alpha value is -0.830. The van der Waals surface area contributed by atoms with Gasteiger partial charge in [0.1, 0.15) is 0 Å². The molecule has 1 aliphatic rings. The first-order valence-electron chi connectivity index (χ1n) is 7.87. The summed E-state index contributed by atoms with van der Waals surface area (Å²) in [7, 11) is 0. The SMILES string of the molecule is CC1CCCC(CCn2cncc2CNC(C)C)C1. The molecular formula is C16H29N3. The summed E-state index contributed by atoms with van der Waals surface area (Å²) in [5, 5.41) is 3.47. The average molecular weight is 263 g/mol. The van der Waals surface area contributed by atoms with Gasteiger partial charge in [0.15, 0.2) is 0 Å².